The fourth-order valence-corrected chi connectivity index (χ4v) is 3.57. The number of ether oxygens (including phenoxy) is 1. The minimum Gasteiger partial charge on any atom is -0.289 e. The van der Waals surface area contributed by atoms with Crippen molar-refractivity contribution in [3.8, 4) is 0 Å². The van der Waals surface area contributed by atoms with Gasteiger partial charge in [-0.15, -0.1) is 13.2 Å². The molecule has 2 aliphatic carbocycles. The van der Waals surface area contributed by atoms with Gasteiger partial charge in [-0.2, -0.15) is 0 Å². The zero-order valence-electron chi connectivity index (χ0n) is 11.6. The van der Waals surface area contributed by atoms with Gasteiger partial charge >= 0.3 is 6.36 Å². The van der Waals surface area contributed by atoms with E-state index in [2.05, 4.69) is 32.4 Å². The van der Waals surface area contributed by atoms with E-state index in [1.165, 1.54) is 6.42 Å². The standard InChI is InChI=1S/C14H23F3O/c1-8(2)11-7-12(11)13(3,4)9-5-10(6-9)18-14(15,16)17/h8-12H,5-7H2,1-4H3. The molecule has 106 valence electrons. The second-order valence-corrected chi connectivity index (χ2v) is 6.93. The molecule has 2 saturated carbocycles. The normalized spacial score (nSPS) is 36.7. The molecule has 0 aromatic rings. The van der Waals surface area contributed by atoms with Gasteiger partial charge in [0.1, 0.15) is 0 Å². The summed E-state index contributed by atoms with van der Waals surface area (Å²) in [6, 6.07) is 0. The molecular weight excluding hydrogens is 241 g/mol. The fraction of sp³-hybridized carbons (Fsp3) is 1.00. The van der Waals surface area contributed by atoms with Gasteiger partial charge in [0.15, 0.2) is 0 Å². The third-order valence-corrected chi connectivity index (χ3v) is 5.10. The molecule has 1 nitrogen and oxygen atoms in total. The van der Waals surface area contributed by atoms with Crippen molar-refractivity contribution in [1.82, 2.24) is 0 Å². The first-order valence-electron chi connectivity index (χ1n) is 6.85. The van der Waals surface area contributed by atoms with Gasteiger partial charge in [0.25, 0.3) is 0 Å². The van der Waals surface area contributed by atoms with Crippen LogP contribution in [0.3, 0.4) is 0 Å². The fourth-order valence-electron chi connectivity index (χ4n) is 3.57. The van der Waals surface area contributed by atoms with Crippen molar-refractivity contribution in [1.29, 1.82) is 0 Å². The summed E-state index contributed by atoms with van der Waals surface area (Å²) < 4.78 is 40.3. The average Bonchev–Trinajstić information content (AvgIpc) is 2.87. The second kappa shape index (κ2) is 4.39. The Kier molecular flexibility index (Phi) is 3.46. The molecule has 0 amide bonds. The first kappa shape index (κ1) is 14.2. The van der Waals surface area contributed by atoms with Crippen LogP contribution in [0.5, 0.6) is 0 Å². The monoisotopic (exact) mass is 264 g/mol. The molecule has 0 heterocycles. The number of alkyl halides is 3. The van der Waals surface area contributed by atoms with E-state index in [0.717, 1.165) is 5.92 Å². The van der Waals surface area contributed by atoms with Crippen LogP contribution in [-0.4, -0.2) is 12.5 Å². The summed E-state index contributed by atoms with van der Waals surface area (Å²) in [7, 11) is 0. The van der Waals surface area contributed by atoms with E-state index in [1.807, 2.05) is 0 Å². The average molecular weight is 264 g/mol. The first-order chi connectivity index (χ1) is 8.11. The summed E-state index contributed by atoms with van der Waals surface area (Å²) in [4.78, 5) is 0. The molecule has 2 unspecified atom stereocenters. The molecule has 2 rings (SSSR count). The minimum absolute atomic E-state index is 0.167. The van der Waals surface area contributed by atoms with E-state index in [0.29, 0.717) is 30.6 Å². The van der Waals surface area contributed by atoms with E-state index in [-0.39, 0.29) is 5.41 Å². The summed E-state index contributed by atoms with van der Waals surface area (Å²) >= 11 is 0. The lowest BCUT2D eigenvalue weighted by atomic mass is 9.63. The molecule has 2 aliphatic rings. The van der Waals surface area contributed by atoms with Crippen molar-refractivity contribution in [2.45, 2.75) is 59.4 Å². The van der Waals surface area contributed by atoms with Crippen LogP contribution in [0.15, 0.2) is 0 Å². The van der Waals surface area contributed by atoms with Gasteiger partial charge in [-0.05, 0) is 48.3 Å². The Bertz CT molecular complexity index is 303. The van der Waals surface area contributed by atoms with E-state index >= 15 is 0 Å². The summed E-state index contributed by atoms with van der Waals surface area (Å²) in [5.41, 5.74) is 0.167. The second-order valence-electron chi connectivity index (χ2n) is 6.93. The van der Waals surface area contributed by atoms with Crippen molar-refractivity contribution in [2.24, 2.45) is 29.1 Å². The molecule has 2 fully saturated rings. The maximum atomic E-state index is 12.1. The van der Waals surface area contributed by atoms with Gasteiger partial charge in [0, 0.05) is 0 Å². The highest BCUT2D eigenvalue weighted by molar-refractivity contribution is 5.03. The third-order valence-electron chi connectivity index (χ3n) is 5.10. The molecule has 0 N–H and O–H groups in total. The quantitative estimate of drug-likeness (QED) is 0.720. The van der Waals surface area contributed by atoms with Gasteiger partial charge in [0.05, 0.1) is 6.10 Å². The Morgan fingerprint density at radius 1 is 1.06 bits per heavy atom. The van der Waals surface area contributed by atoms with E-state index in [1.54, 1.807) is 0 Å². The van der Waals surface area contributed by atoms with E-state index in [9.17, 15) is 13.2 Å². The summed E-state index contributed by atoms with van der Waals surface area (Å²) in [6.45, 7) is 8.90. The SMILES string of the molecule is CC(C)C1CC1C(C)(C)C1CC(OC(F)(F)F)C1. The predicted molar refractivity (Wildman–Crippen MR) is 63.9 cm³/mol. The van der Waals surface area contributed by atoms with Crippen molar-refractivity contribution >= 4 is 0 Å². The maximum absolute atomic E-state index is 12.1. The summed E-state index contributed by atoms with van der Waals surface area (Å²) in [5, 5.41) is 0. The van der Waals surface area contributed by atoms with Gasteiger partial charge in [-0.25, -0.2) is 0 Å². The lowest BCUT2D eigenvalue weighted by molar-refractivity contribution is -0.356. The highest BCUT2D eigenvalue weighted by atomic mass is 19.4. The highest BCUT2D eigenvalue weighted by Gasteiger charge is 2.55. The van der Waals surface area contributed by atoms with Crippen LogP contribution < -0.4 is 0 Å². The summed E-state index contributed by atoms with van der Waals surface area (Å²) in [6.07, 6.45) is -2.71. The lowest BCUT2D eigenvalue weighted by Crippen LogP contribution is -2.43. The Morgan fingerprint density at radius 2 is 1.61 bits per heavy atom. The molecule has 0 saturated heterocycles. The summed E-state index contributed by atoms with van der Waals surface area (Å²) in [5.74, 6) is 2.53. The number of hydrogen-bond acceptors (Lipinski definition) is 1. The number of hydrogen-bond donors (Lipinski definition) is 0. The van der Waals surface area contributed by atoms with Crippen molar-refractivity contribution in [2.75, 3.05) is 0 Å². The molecular formula is C14H23F3O. The van der Waals surface area contributed by atoms with Crippen molar-refractivity contribution in [3.05, 3.63) is 0 Å². The molecule has 2 atom stereocenters. The molecule has 4 heteroatoms. The van der Waals surface area contributed by atoms with Gasteiger partial charge < -0.3 is 0 Å². The Balaban J connectivity index is 1.81. The molecule has 0 aliphatic heterocycles. The smallest absolute Gasteiger partial charge is 0.289 e. The largest absolute Gasteiger partial charge is 0.522 e. The van der Waals surface area contributed by atoms with Crippen LogP contribution in [0.2, 0.25) is 0 Å². The van der Waals surface area contributed by atoms with Crippen LogP contribution in [-0.2, 0) is 4.74 Å². The van der Waals surface area contributed by atoms with Crippen molar-refractivity contribution in [3.63, 3.8) is 0 Å². The maximum Gasteiger partial charge on any atom is 0.522 e. The molecule has 0 aromatic carbocycles. The van der Waals surface area contributed by atoms with E-state index < -0.39 is 12.5 Å². The molecule has 0 bridgehead atoms. The lowest BCUT2D eigenvalue weighted by Gasteiger charge is -2.46. The Labute approximate surface area is 107 Å². The van der Waals surface area contributed by atoms with Crippen molar-refractivity contribution < 1.29 is 17.9 Å². The molecule has 18 heavy (non-hydrogen) atoms. The third kappa shape index (κ3) is 2.84. The Hall–Kier alpha value is -0.250. The first-order valence-corrected chi connectivity index (χ1v) is 6.85. The molecule has 0 radical (unpaired) electrons. The zero-order chi connectivity index (χ0) is 13.7. The van der Waals surface area contributed by atoms with Gasteiger partial charge in [0.2, 0.25) is 0 Å². The van der Waals surface area contributed by atoms with Crippen LogP contribution in [0.1, 0.15) is 47.0 Å². The molecule has 0 spiro atoms. The topological polar surface area (TPSA) is 9.23 Å². The van der Waals surface area contributed by atoms with Crippen LogP contribution in [0.4, 0.5) is 13.2 Å². The van der Waals surface area contributed by atoms with Crippen LogP contribution in [0, 0.1) is 29.1 Å². The predicted octanol–water partition coefficient (Wildman–Crippen LogP) is 4.62. The Morgan fingerprint density at radius 3 is 2.00 bits per heavy atom. The van der Waals surface area contributed by atoms with Crippen LogP contribution in [0.25, 0.3) is 0 Å². The minimum atomic E-state index is -4.47. The zero-order valence-corrected chi connectivity index (χ0v) is 11.6. The highest BCUT2D eigenvalue weighted by Crippen LogP contribution is 2.61. The number of halogens is 3. The van der Waals surface area contributed by atoms with E-state index in [4.69, 9.17) is 0 Å². The van der Waals surface area contributed by atoms with Crippen LogP contribution >= 0.6 is 0 Å². The molecule has 0 aromatic heterocycles. The van der Waals surface area contributed by atoms with Gasteiger partial charge in [-0.3, -0.25) is 4.74 Å². The van der Waals surface area contributed by atoms with Gasteiger partial charge in [-0.1, -0.05) is 27.7 Å². The number of rotatable bonds is 4.